The van der Waals surface area contributed by atoms with Crippen molar-refractivity contribution in [2.24, 2.45) is 0 Å². The molecular weight excluding hydrogens is 430 g/mol. The minimum atomic E-state index is -1.35. The number of hydrogen-bond acceptors (Lipinski definition) is 5. The molecule has 2 aliphatic heterocycles. The highest BCUT2D eigenvalue weighted by atomic mass is 32.2. The van der Waals surface area contributed by atoms with Crippen LogP contribution in [-0.2, 0) is 11.2 Å². The molecule has 3 unspecified atom stereocenters. The number of hydrogen-bond donors (Lipinski definition) is 2. The lowest BCUT2D eigenvalue weighted by molar-refractivity contribution is -0.0127. The van der Waals surface area contributed by atoms with Gasteiger partial charge in [0.25, 0.3) is 0 Å². The van der Waals surface area contributed by atoms with E-state index in [1.807, 2.05) is 17.9 Å². The lowest BCUT2D eigenvalue weighted by Crippen LogP contribution is -2.56. The summed E-state index contributed by atoms with van der Waals surface area (Å²) in [7, 11) is 0. The third-order valence-electron chi connectivity index (χ3n) is 6.17. The SMILES string of the molecule is C=C/C=C1/OCC(C)(O)C(=C)N2CCCC(NSCF)C2Cc2cccc(c2F)/C1=C/C. The summed E-state index contributed by atoms with van der Waals surface area (Å²) in [5.74, 6) is 0.126. The van der Waals surface area contributed by atoms with Gasteiger partial charge in [0.1, 0.15) is 29.8 Å². The Morgan fingerprint density at radius 3 is 2.91 bits per heavy atom. The van der Waals surface area contributed by atoms with E-state index >= 15 is 4.39 Å². The van der Waals surface area contributed by atoms with E-state index in [9.17, 15) is 9.50 Å². The molecule has 0 saturated carbocycles. The normalized spacial score (nSPS) is 29.2. The Balaban J connectivity index is 2.14. The van der Waals surface area contributed by atoms with Crippen LogP contribution in [0.25, 0.3) is 5.57 Å². The number of piperidine rings is 1. The fourth-order valence-electron chi connectivity index (χ4n) is 4.46. The minimum Gasteiger partial charge on any atom is -0.490 e. The first-order chi connectivity index (χ1) is 15.3. The van der Waals surface area contributed by atoms with Crippen molar-refractivity contribution in [3.63, 3.8) is 0 Å². The number of benzene rings is 1. The second-order valence-corrected chi connectivity index (χ2v) is 9.08. The van der Waals surface area contributed by atoms with E-state index in [2.05, 4.69) is 17.9 Å². The largest absolute Gasteiger partial charge is 0.490 e. The molecular formula is C25H32F2N2O2S. The lowest BCUT2D eigenvalue weighted by atomic mass is 9.87. The van der Waals surface area contributed by atoms with Crippen LogP contribution in [0.4, 0.5) is 8.78 Å². The molecule has 7 heteroatoms. The van der Waals surface area contributed by atoms with Crippen LogP contribution in [0, 0.1) is 5.82 Å². The second-order valence-electron chi connectivity index (χ2n) is 8.34. The molecule has 2 N–H and O–H groups in total. The van der Waals surface area contributed by atoms with Gasteiger partial charge >= 0.3 is 0 Å². The molecule has 1 aromatic rings. The Bertz CT molecular complexity index is 913. The molecule has 4 nitrogen and oxygen atoms in total. The van der Waals surface area contributed by atoms with E-state index < -0.39 is 11.6 Å². The zero-order valence-corrected chi connectivity index (χ0v) is 19.6. The highest BCUT2D eigenvalue weighted by Gasteiger charge is 2.39. The van der Waals surface area contributed by atoms with Gasteiger partial charge in [0.05, 0.1) is 0 Å². The highest BCUT2D eigenvalue weighted by Crippen LogP contribution is 2.35. The number of allylic oxidation sites excluding steroid dienone is 4. The number of ether oxygens (including phenoxy) is 1. The molecule has 1 saturated heterocycles. The Labute approximate surface area is 193 Å². The van der Waals surface area contributed by atoms with Gasteiger partial charge in [-0.3, -0.25) is 4.72 Å². The molecule has 3 atom stereocenters. The number of nitrogens with zero attached hydrogens (tertiary/aromatic N) is 1. The molecule has 0 amide bonds. The van der Waals surface area contributed by atoms with Gasteiger partial charge in [-0.25, -0.2) is 8.78 Å². The number of alkyl halides is 1. The molecule has 0 aromatic heterocycles. The van der Waals surface area contributed by atoms with E-state index in [1.54, 1.807) is 37.3 Å². The van der Waals surface area contributed by atoms with Gasteiger partial charge in [0.15, 0.2) is 0 Å². The van der Waals surface area contributed by atoms with Crippen LogP contribution in [0.5, 0.6) is 0 Å². The third-order valence-corrected chi connectivity index (χ3v) is 6.75. The minimum absolute atomic E-state index is 0.0509. The number of nitrogens with one attached hydrogen (secondary N) is 1. The molecule has 3 rings (SSSR count). The molecule has 2 heterocycles. The standard InChI is InChI=1S/C25H32F2N2O2S/c1-5-9-23-19(6-2)20-11-7-10-18(24(20)27)14-22-21(28-32-16-26)12-8-13-29(22)17(3)25(4,30)15-31-23/h5-7,9-11,21-22,28,30H,1,3,8,12-16H2,2,4H3/b19-6-,23-9+. The van der Waals surface area contributed by atoms with Crippen LogP contribution in [0.1, 0.15) is 37.8 Å². The Morgan fingerprint density at radius 1 is 1.44 bits per heavy atom. The molecule has 1 aromatic carbocycles. The van der Waals surface area contributed by atoms with Crippen molar-refractivity contribution in [1.29, 1.82) is 0 Å². The summed E-state index contributed by atoms with van der Waals surface area (Å²) in [4.78, 5) is 2.03. The van der Waals surface area contributed by atoms with Gasteiger partial charge < -0.3 is 14.7 Å². The Kier molecular flexibility index (Phi) is 8.20. The Morgan fingerprint density at radius 2 is 2.22 bits per heavy atom. The quantitative estimate of drug-likeness (QED) is 0.607. The summed E-state index contributed by atoms with van der Waals surface area (Å²) in [5, 5.41) is 11.3. The summed E-state index contributed by atoms with van der Waals surface area (Å²) in [6, 6.07) is 4.52. The predicted octanol–water partition coefficient (Wildman–Crippen LogP) is 5.13. The fourth-order valence-corrected chi connectivity index (χ4v) is 5.01. The maximum atomic E-state index is 15.8. The molecule has 0 spiro atoms. The van der Waals surface area contributed by atoms with Crippen LogP contribution >= 0.6 is 11.9 Å². The van der Waals surface area contributed by atoms with Crippen LogP contribution in [0.2, 0.25) is 0 Å². The monoisotopic (exact) mass is 462 g/mol. The first-order valence-electron chi connectivity index (χ1n) is 10.9. The number of halogens is 2. The number of fused-ring (bicyclic) bond motifs is 3. The maximum Gasteiger partial charge on any atom is 0.149 e. The molecule has 174 valence electrons. The average Bonchev–Trinajstić information content (AvgIpc) is 2.78. The number of rotatable bonds is 4. The molecule has 32 heavy (non-hydrogen) atoms. The van der Waals surface area contributed by atoms with Gasteiger partial charge in [0.2, 0.25) is 0 Å². The van der Waals surface area contributed by atoms with E-state index in [0.29, 0.717) is 41.1 Å². The van der Waals surface area contributed by atoms with E-state index in [-0.39, 0.29) is 24.5 Å². The maximum absolute atomic E-state index is 15.8. The topological polar surface area (TPSA) is 44.7 Å². The Hall–Kier alpha value is -2.09. The molecule has 0 aliphatic carbocycles. The van der Waals surface area contributed by atoms with E-state index in [1.165, 1.54) is 0 Å². The van der Waals surface area contributed by atoms with Crippen LogP contribution in [0.15, 0.2) is 61.0 Å². The van der Waals surface area contributed by atoms with Crippen molar-refractivity contribution in [2.75, 3.05) is 19.2 Å². The second kappa shape index (κ2) is 10.7. The van der Waals surface area contributed by atoms with Crippen molar-refractivity contribution in [2.45, 2.75) is 50.8 Å². The first kappa shape index (κ1) is 24.6. The summed E-state index contributed by atoms with van der Waals surface area (Å²) in [5.41, 5.74) is 0.743. The van der Waals surface area contributed by atoms with Gasteiger partial charge in [0, 0.05) is 35.5 Å². The average molecular weight is 463 g/mol. The smallest absolute Gasteiger partial charge is 0.149 e. The van der Waals surface area contributed by atoms with Gasteiger partial charge in [-0.05, 0) is 56.7 Å². The predicted molar refractivity (Wildman–Crippen MR) is 128 cm³/mol. The van der Waals surface area contributed by atoms with Gasteiger partial charge in [-0.2, -0.15) is 0 Å². The lowest BCUT2D eigenvalue weighted by Gasteiger charge is -2.47. The zero-order chi connectivity index (χ0) is 23.3. The first-order valence-corrected chi connectivity index (χ1v) is 11.8. The van der Waals surface area contributed by atoms with Crippen LogP contribution in [0.3, 0.4) is 0 Å². The van der Waals surface area contributed by atoms with E-state index in [0.717, 1.165) is 24.8 Å². The van der Waals surface area contributed by atoms with Crippen molar-refractivity contribution in [3.8, 4) is 0 Å². The summed E-state index contributed by atoms with van der Waals surface area (Å²) < 4.78 is 37.9. The van der Waals surface area contributed by atoms with Gasteiger partial charge in [-0.15, -0.1) is 0 Å². The van der Waals surface area contributed by atoms with E-state index in [4.69, 9.17) is 4.74 Å². The van der Waals surface area contributed by atoms with Crippen molar-refractivity contribution in [3.05, 3.63) is 78.0 Å². The summed E-state index contributed by atoms with van der Waals surface area (Å²) in [6.45, 7) is 12.1. The molecule has 0 radical (unpaired) electrons. The molecule has 2 bridgehead atoms. The van der Waals surface area contributed by atoms with Crippen LogP contribution < -0.4 is 4.72 Å². The highest BCUT2D eigenvalue weighted by molar-refractivity contribution is 7.97. The summed E-state index contributed by atoms with van der Waals surface area (Å²) >= 11 is 1.01. The summed E-state index contributed by atoms with van der Waals surface area (Å²) in [6.07, 6.45) is 7.12. The number of aliphatic hydroxyl groups is 1. The van der Waals surface area contributed by atoms with Crippen molar-refractivity contribution < 1.29 is 18.6 Å². The fraction of sp³-hybridized carbons (Fsp3) is 0.440. The van der Waals surface area contributed by atoms with Crippen LogP contribution in [-0.4, -0.2) is 46.8 Å². The third kappa shape index (κ3) is 5.11. The van der Waals surface area contributed by atoms with Gasteiger partial charge in [-0.1, -0.05) is 43.5 Å². The van der Waals surface area contributed by atoms with Crippen molar-refractivity contribution in [1.82, 2.24) is 9.62 Å². The zero-order valence-electron chi connectivity index (χ0n) is 18.7. The molecule has 2 aliphatic rings. The molecule has 1 fully saturated rings. The van der Waals surface area contributed by atoms with Crippen molar-refractivity contribution >= 4 is 17.5 Å².